The van der Waals surface area contributed by atoms with E-state index in [9.17, 15) is 14.9 Å². The Hall–Kier alpha value is -3.86. The van der Waals surface area contributed by atoms with Gasteiger partial charge in [0.2, 0.25) is 5.91 Å². The third kappa shape index (κ3) is 4.52. The third-order valence-electron chi connectivity index (χ3n) is 4.43. The number of nitro groups is 1. The summed E-state index contributed by atoms with van der Waals surface area (Å²) in [7, 11) is 0. The number of nitro benzene ring substituents is 1. The lowest BCUT2D eigenvalue weighted by molar-refractivity contribution is -0.383. The average Bonchev–Trinajstić information content (AvgIpc) is 3.11. The van der Waals surface area contributed by atoms with Crippen LogP contribution in [0.1, 0.15) is 25.5 Å². The Bertz CT molecular complexity index is 1080. The fourth-order valence-corrected chi connectivity index (χ4v) is 2.97. The molecular formula is C21H20N4O4. The highest BCUT2D eigenvalue weighted by Gasteiger charge is 2.18. The van der Waals surface area contributed by atoms with Crippen molar-refractivity contribution in [3.8, 4) is 18.1 Å². The summed E-state index contributed by atoms with van der Waals surface area (Å²) in [5.41, 5.74) is 1.60. The molecule has 0 saturated carbocycles. The molecule has 0 aliphatic heterocycles. The summed E-state index contributed by atoms with van der Waals surface area (Å²) >= 11 is 0. The number of ether oxygens (including phenoxy) is 1. The zero-order chi connectivity index (χ0) is 21.0. The number of non-ortho nitro benzene ring substituents is 1. The molecule has 2 aromatic carbocycles. The first-order chi connectivity index (χ1) is 13.9. The fourth-order valence-electron chi connectivity index (χ4n) is 2.97. The Kier molecular flexibility index (Phi) is 5.79. The lowest BCUT2D eigenvalue weighted by Crippen LogP contribution is -2.30. The average molecular weight is 392 g/mol. The van der Waals surface area contributed by atoms with Gasteiger partial charge in [0.1, 0.15) is 17.8 Å². The summed E-state index contributed by atoms with van der Waals surface area (Å²) in [5.74, 6) is 2.86. The Morgan fingerprint density at radius 3 is 2.69 bits per heavy atom. The van der Waals surface area contributed by atoms with Gasteiger partial charge in [0.05, 0.1) is 22.8 Å². The van der Waals surface area contributed by atoms with E-state index >= 15 is 0 Å². The van der Waals surface area contributed by atoms with Gasteiger partial charge in [-0.3, -0.25) is 14.9 Å². The van der Waals surface area contributed by atoms with Crippen LogP contribution in [0, 0.1) is 22.5 Å². The van der Waals surface area contributed by atoms with Gasteiger partial charge in [-0.2, -0.15) is 0 Å². The van der Waals surface area contributed by atoms with Crippen LogP contribution < -0.4 is 10.1 Å². The second kappa shape index (κ2) is 8.44. The number of rotatable bonds is 7. The molecule has 0 radical (unpaired) electrons. The first-order valence-electron chi connectivity index (χ1n) is 8.99. The number of nitrogens with one attached hydrogen (secondary N) is 1. The molecule has 8 nitrogen and oxygen atoms in total. The SMILES string of the molecule is C#CC(C)Oc1ccc([C@H](C)NC(=O)Cn2cnc3cccc([N+](=O)[O-])c32)cc1. The molecule has 2 atom stereocenters. The zero-order valence-corrected chi connectivity index (χ0v) is 16.0. The van der Waals surface area contributed by atoms with Crippen LogP contribution in [0.15, 0.2) is 48.8 Å². The molecule has 0 bridgehead atoms. The monoisotopic (exact) mass is 392 g/mol. The number of nitrogens with zero attached hydrogens (tertiary/aromatic N) is 3. The summed E-state index contributed by atoms with van der Waals surface area (Å²) in [6.07, 6.45) is 6.41. The number of benzene rings is 2. The molecule has 1 aromatic heterocycles. The molecule has 8 heteroatoms. The van der Waals surface area contributed by atoms with E-state index in [2.05, 4.69) is 16.2 Å². The smallest absolute Gasteiger partial charge is 0.295 e. The highest BCUT2D eigenvalue weighted by atomic mass is 16.6. The lowest BCUT2D eigenvalue weighted by atomic mass is 10.1. The van der Waals surface area contributed by atoms with Crippen molar-refractivity contribution < 1.29 is 14.5 Å². The molecular weight excluding hydrogens is 372 g/mol. The van der Waals surface area contributed by atoms with Gasteiger partial charge in [-0.05, 0) is 37.6 Å². The van der Waals surface area contributed by atoms with Gasteiger partial charge in [-0.1, -0.05) is 24.1 Å². The van der Waals surface area contributed by atoms with Crippen LogP contribution in [-0.4, -0.2) is 26.5 Å². The molecule has 1 heterocycles. The van der Waals surface area contributed by atoms with E-state index in [0.717, 1.165) is 5.56 Å². The van der Waals surface area contributed by atoms with Crippen LogP contribution in [0.3, 0.4) is 0 Å². The molecule has 0 aliphatic rings. The van der Waals surface area contributed by atoms with E-state index < -0.39 is 4.92 Å². The third-order valence-corrected chi connectivity index (χ3v) is 4.43. The number of terminal acetylenes is 1. The summed E-state index contributed by atoms with van der Waals surface area (Å²) < 4.78 is 7.01. The summed E-state index contributed by atoms with van der Waals surface area (Å²) in [6, 6.07) is 11.7. The molecule has 1 N–H and O–H groups in total. The standard InChI is InChI=1S/C21H20N4O4/c1-4-14(2)29-17-10-8-16(9-11-17)15(3)23-20(26)12-24-13-22-18-6-5-7-19(21(18)24)25(27)28/h1,5-11,13-15H,12H2,2-3H3,(H,23,26)/t14?,15-/m0/s1. The van der Waals surface area contributed by atoms with Gasteiger partial charge in [-0.15, -0.1) is 6.42 Å². The van der Waals surface area contributed by atoms with Crippen molar-refractivity contribution in [3.05, 3.63) is 64.5 Å². The molecule has 29 heavy (non-hydrogen) atoms. The summed E-state index contributed by atoms with van der Waals surface area (Å²) in [4.78, 5) is 27.4. The number of fused-ring (bicyclic) bond motifs is 1. The zero-order valence-electron chi connectivity index (χ0n) is 16.0. The van der Waals surface area contributed by atoms with Gasteiger partial charge in [0.25, 0.3) is 5.69 Å². The quantitative estimate of drug-likeness (QED) is 0.378. The second-order valence-corrected chi connectivity index (χ2v) is 6.56. The van der Waals surface area contributed by atoms with Crippen molar-refractivity contribution in [1.29, 1.82) is 0 Å². The Balaban J connectivity index is 1.69. The topological polar surface area (TPSA) is 99.3 Å². The van der Waals surface area contributed by atoms with Crippen molar-refractivity contribution in [2.75, 3.05) is 0 Å². The van der Waals surface area contributed by atoms with Crippen LogP contribution in [0.4, 0.5) is 5.69 Å². The molecule has 0 aliphatic carbocycles. The molecule has 1 unspecified atom stereocenters. The molecule has 1 amide bonds. The maximum Gasteiger partial charge on any atom is 0.295 e. The maximum atomic E-state index is 12.5. The van der Waals surface area contributed by atoms with Crippen molar-refractivity contribution in [2.45, 2.75) is 32.5 Å². The van der Waals surface area contributed by atoms with Crippen LogP contribution in [0.5, 0.6) is 5.75 Å². The molecule has 0 fully saturated rings. The van der Waals surface area contributed by atoms with Gasteiger partial charge in [0.15, 0.2) is 6.10 Å². The number of hydrogen-bond acceptors (Lipinski definition) is 5. The second-order valence-electron chi connectivity index (χ2n) is 6.56. The van der Waals surface area contributed by atoms with Crippen molar-refractivity contribution in [3.63, 3.8) is 0 Å². The van der Waals surface area contributed by atoms with Gasteiger partial charge < -0.3 is 14.6 Å². The molecule has 3 aromatic rings. The number of hydrogen-bond donors (Lipinski definition) is 1. The van der Waals surface area contributed by atoms with E-state index in [0.29, 0.717) is 16.8 Å². The van der Waals surface area contributed by atoms with Gasteiger partial charge >= 0.3 is 0 Å². The van der Waals surface area contributed by atoms with E-state index in [4.69, 9.17) is 11.2 Å². The normalized spacial score (nSPS) is 12.7. The lowest BCUT2D eigenvalue weighted by Gasteiger charge is -2.16. The number of aromatic nitrogens is 2. The number of para-hydroxylation sites is 1. The van der Waals surface area contributed by atoms with Crippen molar-refractivity contribution >= 4 is 22.6 Å². The van der Waals surface area contributed by atoms with Crippen LogP contribution >= 0.6 is 0 Å². The Morgan fingerprint density at radius 2 is 2.03 bits per heavy atom. The van der Waals surface area contributed by atoms with E-state index in [1.807, 2.05) is 19.1 Å². The molecule has 0 saturated heterocycles. The van der Waals surface area contributed by atoms with Crippen molar-refractivity contribution in [2.24, 2.45) is 0 Å². The van der Waals surface area contributed by atoms with Gasteiger partial charge in [-0.25, -0.2) is 4.98 Å². The molecule has 148 valence electrons. The first-order valence-corrected chi connectivity index (χ1v) is 8.99. The predicted octanol–water partition coefficient (Wildman–Crippen LogP) is 3.22. The van der Waals surface area contributed by atoms with Crippen molar-refractivity contribution in [1.82, 2.24) is 14.9 Å². The predicted molar refractivity (Wildman–Crippen MR) is 108 cm³/mol. The maximum absolute atomic E-state index is 12.5. The number of carbonyl (C=O) groups excluding carboxylic acids is 1. The highest BCUT2D eigenvalue weighted by molar-refractivity contribution is 5.87. The first kappa shape index (κ1) is 19.9. The van der Waals surface area contributed by atoms with Gasteiger partial charge in [0, 0.05) is 6.07 Å². The fraction of sp³-hybridized carbons (Fsp3) is 0.238. The minimum Gasteiger partial charge on any atom is -0.478 e. The molecule has 0 spiro atoms. The van der Waals surface area contributed by atoms with E-state index in [1.165, 1.54) is 17.0 Å². The number of amides is 1. The Labute approximate surface area is 167 Å². The number of imidazole rings is 1. The number of carbonyl (C=O) groups is 1. The summed E-state index contributed by atoms with van der Waals surface area (Å²) in [5, 5.41) is 14.2. The van der Waals surface area contributed by atoms with E-state index in [1.54, 1.807) is 31.2 Å². The largest absolute Gasteiger partial charge is 0.478 e. The minimum atomic E-state index is -0.480. The van der Waals surface area contributed by atoms with Crippen LogP contribution in [-0.2, 0) is 11.3 Å². The Morgan fingerprint density at radius 1 is 1.31 bits per heavy atom. The molecule has 3 rings (SSSR count). The van der Waals surface area contributed by atoms with E-state index in [-0.39, 0.29) is 30.3 Å². The summed E-state index contributed by atoms with van der Waals surface area (Å²) in [6.45, 7) is 3.56. The highest BCUT2D eigenvalue weighted by Crippen LogP contribution is 2.24. The minimum absolute atomic E-state index is 0.0768. The van der Waals surface area contributed by atoms with Crippen LogP contribution in [0.2, 0.25) is 0 Å². The van der Waals surface area contributed by atoms with Crippen LogP contribution in [0.25, 0.3) is 11.0 Å².